The normalized spacial score (nSPS) is 20.1. The minimum absolute atomic E-state index is 0. The summed E-state index contributed by atoms with van der Waals surface area (Å²) >= 11 is 0. The molecule has 1 aromatic carbocycles. The van der Waals surface area contributed by atoms with E-state index in [9.17, 15) is 4.79 Å². The number of anilines is 1. The SMILES string of the molecule is CC1(C)CCC(NC(=O)c2ccc3c(c2)CCN3)CC1.Cl. The molecule has 2 aliphatic rings. The van der Waals surface area contributed by atoms with Crippen molar-refractivity contribution in [2.24, 2.45) is 5.41 Å². The number of benzene rings is 1. The molecule has 0 bridgehead atoms. The molecule has 1 aromatic rings. The molecule has 1 aliphatic carbocycles. The first-order valence-electron chi connectivity index (χ1n) is 7.71. The van der Waals surface area contributed by atoms with Gasteiger partial charge in [-0.3, -0.25) is 4.79 Å². The van der Waals surface area contributed by atoms with E-state index in [1.807, 2.05) is 18.2 Å². The van der Waals surface area contributed by atoms with Gasteiger partial charge < -0.3 is 10.6 Å². The zero-order chi connectivity index (χ0) is 14.2. The number of carbonyl (C=O) groups excluding carboxylic acids is 1. The molecule has 1 amide bonds. The van der Waals surface area contributed by atoms with Crippen molar-refractivity contribution in [3.05, 3.63) is 29.3 Å². The standard InChI is InChI=1S/C17H24N2O.ClH/c1-17(2)8-5-14(6-9-17)19-16(20)13-3-4-15-12(11-13)7-10-18-15;/h3-4,11,14,18H,5-10H2,1-2H3,(H,19,20);1H. The number of halogens is 1. The van der Waals surface area contributed by atoms with E-state index >= 15 is 0 Å². The van der Waals surface area contributed by atoms with Crippen molar-refractivity contribution in [2.75, 3.05) is 11.9 Å². The Balaban J connectivity index is 0.00000161. The molecule has 4 heteroatoms. The van der Waals surface area contributed by atoms with Crippen molar-refractivity contribution in [1.29, 1.82) is 0 Å². The lowest BCUT2D eigenvalue weighted by atomic mass is 9.75. The monoisotopic (exact) mass is 308 g/mol. The molecule has 0 aromatic heterocycles. The summed E-state index contributed by atoms with van der Waals surface area (Å²) in [5.41, 5.74) is 3.70. The number of rotatable bonds is 2. The first-order valence-corrected chi connectivity index (χ1v) is 7.71. The number of hydrogen-bond donors (Lipinski definition) is 2. The third-order valence-corrected chi connectivity index (χ3v) is 4.75. The van der Waals surface area contributed by atoms with Gasteiger partial charge in [-0.1, -0.05) is 13.8 Å². The molecule has 116 valence electrons. The predicted molar refractivity (Wildman–Crippen MR) is 89.4 cm³/mol. The summed E-state index contributed by atoms with van der Waals surface area (Å²) in [5.74, 6) is 0.0874. The van der Waals surface area contributed by atoms with Gasteiger partial charge in [0.1, 0.15) is 0 Å². The second-order valence-corrected chi connectivity index (χ2v) is 6.96. The largest absolute Gasteiger partial charge is 0.384 e. The molecule has 1 aliphatic heterocycles. The van der Waals surface area contributed by atoms with Gasteiger partial charge in [-0.05, 0) is 61.3 Å². The van der Waals surface area contributed by atoms with Crippen LogP contribution in [0.25, 0.3) is 0 Å². The first-order chi connectivity index (χ1) is 9.53. The molecular formula is C17H25ClN2O. The zero-order valence-electron chi connectivity index (χ0n) is 12.9. The van der Waals surface area contributed by atoms with Gasteiger partial charge in [0.25, 0.3) is 5.91 Å². The maximum Gasteiger partial charge on any atom is 0.251 e. The quantitative estimate of drug-likeness (QED) is 0.873. The molecule has 0 saturated heterocycles. The Kier molecular flexibility index (Phi) is 4.82. The third kappa shape index (κ3) is 3.70. The molecule has 1 fully saturated rings. The van der Waals surface area contributed by atoms with Gasteiger partial charge in [0.05, 0.1) is 0 Å². The lowest BCUT2D eigenvalue weighted by Gasteiger charge is -2.34. The molecular weight excluding hydrogens is 284 g/mol. The molecule has 0 unspecified atom stereocenters. The lowest BCUT2D eigenvalue weighted by molar-refractivity contribution is 0.0909. The molecule has 0 atom stereocenters. The van der Waals surface area contributed by atoms with E-state index in [0.717, 1.165) is 31.4 Å². The minimum Gasteiger partial charge on any atom is -0.384 e. The summed E-state index contributed by atoms with van der Waals surface area (Å²) in [6.07, 6.45) is 5.63. The fraction of sp³-hybridized carbons (Fsp3) is 0.588. The molecule has 21 heavy (non-hydrogen) atoms. The Morgan fingerprint density at radius 2 is 2.00 bits per heavy atom. The van der Waals surface area contributed by atoms with Crippen molar-refractivity contribution >= 4 is 24.0 Å². The molecule has 0 spiro atoms. The van der Waals surface area contributed by atoms with E-state index in [2.05, 4.69) is 24.5 Å². The Morgan fingerprint density at radius 3 is 2.71 bits per heavy atom. The van der Waals surface area contributed by atoms with E-state index in [-0.39, 0.29) is 18.3 Å². The van der Waals surface area contributed by atoms with E-state index in [1.165, 1.54) is 24.1 Å². The predicted octanol–water partition coefficient (Wildman–Crippen LogP) is 3.78. The van der Waals surface area contributed by atoms with Crippen LogP contribution in [0, 0.1) is 5.41 Å². The second-order valence-electron chi connectivity index (χ2n) is 6.96. The van der Waals surface area contributed by atoms with Crippen LogP contribution in [0.15, 0.2) is 18.2 Å². The molecule has 0 radical (unpaired) electrons. The third-order valence-electron chi connectivity index (χ3n) is 4.75. The van der Waals surface area contributed by atoms with Crippen LogP contribution in [0.4, 0.5) is 5.69 Å². The highest BCUT2D eigenvalue weighted by Crippen LogP contribution is 2.35. The van der Waals surface area contributed by atoms with Gasteiger partial charge in [-0.15, -0.1) is 12.4 Å². The highest BCUT2D eigenvalue weighted by Gasteiger charge is 2.27. The van der Waals surface area contributed by atoms with Crippen molar-refractivity contribution in [3.63, 3.8) is 0 Å². The average molecular weight is 309 g/mol. The fourth-order valence-electron chi connectivity index (χ4n) is 3.26. The van der Waals surface area contributed by atoms with Gasteiger partial charge in [0, 0.05) is 23.8 Å². The van der Waals surface area contributed by atoms with E-state index in [4.69, 9.17) is 0 Å². The van der Waals surface area contributed by atoms with Crippen molar-refractivity contribution in [2.45, 2.75) is 52.0 Å². The highest BCUT2D eigenvalue weighted by molar-refractivity contribution is 5.95. The van der Waals surface area contributed by atoms with Crippen LogP contribution in [-0.2, 0) is 6.42 Å². The maximum absolute atomic E-state index is 12.3. The summed E-state index contributed by atoms with van der Waals surface area (Å²) in [5, 5.41) is 6.53. The van der Waals surface area contributed by atoms with Crippen LogP contribution in [0.1, 0.15) is 55.5 Å². The lowest BCUT2D eigenvalue weighted by Crippen LogP contribution is -2.39. The van der Waals surface area contributed by atoms with Gasteiger partial charge in [0.15, 0.2) is 0 Å². The number of hydrogen-bond acceptors (Lipinski definition) is 2. The molecule has 2 N–H and O–H groups in total. The highest BCUT2D eigenvalue weighted by atomic mass is 35.5. The van der Waals surface area contributed by atoms with Crippen LogP contribution in [0.2, 0.25) is 0 Å². The average Bonchev–Trinajstić information content (AvgIpc) is 2.88. The smallest absolute Gasteiger partial charge is 0.251 e. The van der Waals surface area contributed by atoms with Gasteiger partial charge >= 0.3 is 0 Å². The number of carbonyl (C=O) groups is 1. The van der Waals surface area contributed by atoms with E-state index < -0.39 is 0 Å². The topological polar surface area (TPSA) is 41.1 Å². The number of nitrogens with one attached hydrogen (secondary N) is 2. The van der Waals surface area contributed by atoms with Crippen LogP contribution < -0.4 is 10.6 Å². The van der Waals surface area contributed by atoms with E-state index in [1.54, 1.807) is 0 Å². The first kappa shape index (κ1) is 16.2. The number of amides is 1. The molecule has 1 heterocycles. The van der Waals surface area contributed by atoms with Crippen LogP contribution in [0.5, 0.6) is 0 Å². The van der Waals surface area contributed by atoms with Gasteiger partial charge in [-0.25, -0.2) is 0 Å². The summed E-state index contributed by atoms with van der Waals surface area (Å²) in [6, 6.07) is 6.35. The molecule has 1 saturated carbocycles. The number of fused-ring (bicyclic) bond motifs is 1. The van der Waals surface area contributed by atoms with Crippen molar-refractivity contribution in [1.82, 2.24) is 5.32 Å². The molecule has 3 rings (SSSR count). The summed E-state index contributed by atoms with van der Waals surface area (Å²) in [4.78, 5) is 12.3. The Morgan fingerprint density at radius 1 is 1.29 bits per heavy atom. The van der Waals surface area contributed by atoms with Crippen LogP contribution in [-0.4, -0.2) is 18.5 Å². The Labute approximate surface area is 133 Å². The van der Waals surface area contributed by atoms with Gasteiger partial charge in [0.2, 0.25) is 0 Å². The molecule has 3 nitrogen and oxygen atoms in total. The summed E-state index contributed by atoms with van der Waals surface area (Å²) in [7, 11) is 0. The Hall–Kier alpha value is -1.22. The minimum atomic E-state index is 0. The summed E-state index contributed by atoms with van der Waals surface area (Å²) in [6.45, 7) is 5.62. The van der Waals surface area contributed by atoms with Crippen LogP contribution >= 0.6 is 12.4 Å². The summed E-state index contributed by atoms with van der Waals surface area (Å²) < 4.78 is 0. The van der Waals surface area contributed by atoms with E-state index in [0.29, 0.717) is 11.5 Å². The van der Waals surface area contributed by atoms with Crippen molar-refractivity contribution < 1.29 is 4.79 Å². The van der Waals surface area contributed by atoms with Crippen molar-refractivity contribution in [3.8, 4) is 0 Å². The maximum atomic E-state index is 12.3. The zero-order valence-corrected chi connectivity index (χ0v) is 13.7. The Bertz CT molecular complexity index is 518. The second kappa shape index (κ2) is 6.27. The fourth-order valence-corrected chi connectivity index (χ4v) is 3.26. The van der Waals surface area contributed by atoms with Gasteiger partial charge in [-0.2, -0.15) is 0 Å². The van der Waals surface area contributed by atoms with Crippen LogP contribution in [0.3, 0.4) is 0 Å².